The fraction of sp³-hybridized carbons (Fsp3) is 1.00. The van der Waals surface area contributed by atoms with E-state index in [-0.39, 0.29) is 20.4 Å². The van der Waals surface area contributed by atoms with Crippen molar-refractivity contribution in [2.75, 3.05) is 6.54 Å². The Kier molecular flexibility index (Phi) is 68.0. The Labute approximate surface area is 60.3 Å². The summed E-state index contributed by atoms with van der Waals surface area (Å²) in [6.45, 7) is 6.56. The van der Waals surface area contributed by atoms with Gasteiger partial charge in [0.25, 0.3) is 0 Å². The predicted octanol–water partition coefficient (Wildman–Crippen LogP) is 2.47. The molecule has 1 radical (unpaired) electrons. The van der Waals surface area contributed by atoms with Crippen molar-refractivity contribution in [2.45, 2.75) is 27.2 Å². The van der Waals surface area contributed by atoms with E-state index in [2.05, 4.69) is 0 Å². The zero-order chi connectivity index (χ0) is 5.41. The molecule has 0 aromatic rings. The molecule has 0 spiro atoms. The second-order valence-corrected chi connectivity index (χ2v) is 0.750. The van der Waals surface area contributed by atoms with Gasteiger partial charge in [-0.1, -0.05) is 27.2 Å². The van der Waals surface area contributed by atoms with Gasteiger partial charge in [0, 0.05) is 20.4 Å². The van der Waals surface area contributed by atoms with E-state index in [0.717, 1.165) is 6.42 Å². The normalized spacial score (nSPS) is 5.14. The second kappa shape index (κ2) is 30.4. The first-order valence-corrected chi connectivity index (χ1v) is 2.56. The minimum atomic E-state index is 0. The number of hydrogen-bond donors (Lipinski definition) is 0. The van der Waals surface area contributed by atoms with E-state index in [4.69, 9.17) is 5.73 Å². The maximum Gasteiger partial charge on any atom is 0 e. The average molecular weight is 274 g/mol. The van der Waals surface area contributed by atoms with E-state index < -0.39 is 0 Å². The molecule has 0 aromatic carbocycles. The van der Waals surface area contributed by atoms with Gasteiger partial charge in [0.05, 0.1) is 0 Å². The minimum absolute atomic E-state index is 0. The van der Waals surface area contributed by atoms with Crippen molar-refractivity contribution in [2.24, 2.45) is 0 Å². The van der Waals surface area contributed by atoms with Crippen LogP contribution in [0.5, 0.6) is 0 Å². The van der Waals surface area contributed by atoms with E-state index >= 15 is 0 Å². The third kappa shape index (κ3) is 53.8. The van der Waals surface area contributed by atoms with Gasteiger partial charge in [-0.15, -0.1) is 0 Å². The molecule has 0 aliphatic rings. The molecular formula is C5H14NRe-. The summed E-state index contributed by atoms with van der Waals surface area (Å²) in [5.74, 6) is 0. The number of hydrogen-bond acceptors (Lipinski definition) is 0. The maximum atomic E-state index is 6.45. The Balaban J connectivity index is -0.0000000480. The fourth-order valence-corrected chi connectivity index (χ4v) is 0. The monoisotopic (exact) mass is 275 g/mol. The average Bonchev–Trinajstić information content (AvgIpc) is 1.72. The summed E-state index contributed by atoms with van der Waals surface area (Å²) in [6.07, 6.45) is 0.986. The quantitative estimate of drug-likeness (QED) is 0.701. The Bertz CT molecular complexity index is 10.0. The molecule has 0 amide bonds. The molecule has 1 nitrogen and oxygen atoms in total. The van der Waals surface area contributed by atoms with Crippen LogP contribution in [0.2, 0.25) is 0 Å². The number of nitrogens with one attached hydrogen (secondary N) is 1. The van der Waals surface area contributed by atoms with Gasteiger partial charge in [0.2, 0.25) is 0 Å². The van der Waals surface area contributed by atoms with Crippen molar-refractivity contribution in [1.82, 2.24) is 0 Å². The van der Waals surface area contributed by atoms with E-state index in [0.29, 0.717) is 6.54 Å². The van der Waals surface area contributed by atoms with Gasteiger partial charge in [0.15, 0.2) is 0 Å². The summed E-state index contributed by atoms with van der Waals surface area (Å²) in [7, 11) is 0. The molecule has 0 rings (SSSR count). The topological polar surface area (TPSA) is 23.8 Å². The van der Waals surface area contributed by atoms with E-state index in [1.54, 1.807) is 0 Å². The Morgan fingerprint density at radius 1 is 1.29 bits per heavy atom. The molecule has 0 fully saturated rings. The summed E-state index contributed by atoms with van der Waals surface area (Å²) in [5, 5.41) is 0. The first-order valence-electron chi connectivity index (χ1n) is 2.56. The van der Waals surface area contributed by atoms with Gasteiger partial charge in [-0.05, 0) is 0 Å². The van der Waals surface area contributed by atoms with E-state index in [1.807, 2.05) is 20.8 Å². The second-order valence-electron chi connectivity index (χ2n) is 0.750. The smallest absolute Gasteiger partial charge is 0 e. The van der Waals surface area contributed by atoms with Crippen LogP contribution in [0.4, 0.5) is 0 Å². The van der Waals surface area contributed by atoms with Gasteiger partial charge < -0.3 is 5.73 Å². The molecule has 47 valence electrons. The van der Waals surface area contributed by atoms with Crippen molar-refractivity contribution >= 4 is 0 Å². The standard InChI is InChI=1S/C3H8N.C2H6.Re/c1-2-3-4;1-2;/h4H,2-3H2,1H3;1-2H3;/q-1;;. The van der Waals surface area contributed by atoms with Gasteiger partial charge >= 0.3 is 0 Å². The van der Waals surface area contributed by atoms with Crippen LogP contribution in [0.1, 0.15) is 27.2 Å². The molecule has 0 saturated heterocycles. The molecule has 2 heteroatoms. The first kappa shape index (κ1) is 15.6. The van der Waals surface area contributed by atoms with Gasteiger partial charge in [-0.3, -0.25) is 0 Å². The Morgan fingerprint density at radius 3 is 1.43 bits per heavy atom. The molecule has 0 bridgehead atoms. The third-order valence-corrected chi connectivity index (χ3v) is 0.250. The van der Waals surface area contributed by atoms with Crippen molar-refractivity contribution in [3.05, 3.63) is 5.73 Å². The largest absolute Gasteiger partial charge is 0.677 e. The van der Waals surface area contributed by atoms with E-state index in [9.17, 15) is 0 Å². The van der Waals surface area contributed by atoms with Gasteiger partial charge in [0.1, 0.15) is 0 Å². The summed E-state index contributed by atoms with van der Waals surface area (Å²) >= 11 is 0. The number of rotatable bonds is 1. The Morgan fingerprint density at radius 2 is 1.43 bits per heavy atom. The van der Waals surface area contributed by atoms with Crippen molar-refractivity contribution in [3.8, 4) is 0 Å². The van der Waals surface area contributed by atoms with Crippen molar-refractivity contribution < 1.29 is 20.4 Å². The van der Waals surface area contributed by atoms with Crippen molar-refractivity contribution in [3.63, 3.8) is 0 Å². The zero-order valence-corrected chi connectivity index (χ0v) is 8.01. The molecule has 0 unspecified atom stereocenters. The van der Waals surface area contributed by atoms with Gasteiger partial charge in [-0.25, -0.2) is 0 Å². The summed E-state index contributed by atoms with van der Waals surface area (Å²) in [6, 6.07) is 0. The third-order valence-electron chi connectivity index (χ3n) is 0.250. The molecule has 0 aliphatic carbocycles. The molecule has 0 aromatic heterocycles. The Hall–Kier alpha value is 0.622. The molecule has 0 aliphatic heterocycles. The first-order chi connectivity index (χ1) is 2.91. The van der Waals surface area contributed by atoms with Crippen LogP contribution in [0.3, 0.4) is 0 Å². The molecular weight excluding hydrogens is 260 g/mol. The molecule has 0 heterocycles. The predicted molar refractivity (Wildman–Crippen MR) is 30.8 cm³/mol. The van der Waals surface area contributed by atoms with Crippen LogP contribution >= 0.6 is 0 Å². The molecule has 7 heavy (non-hydrogen) atoms. The van der Waals surface area contributed by atoms with Gasteiger partial charge in [-0.2, -0.15) is 6.54 Å². The van der Waals surface area contributed by atoms with Crippen LogP contribution < -0.4 is 0 Å². The van der Waals surface area contributed by atoms with Crippen LogP contribution in [0.25, 0.3) is 5.73 Å². The van der Waals surface area contributed by atoms with Crippen LogP contribution in [-0.2, 0) is 20.4 Å². The molecule has 0 saturated carbocycles. The summed E-state index contributed by atoms with van der Waals surface area (Å²) < 4.78 is 0. The fourth-order valence-electron chi connectivity index (χ4n) is 0. The maximum absolute atomic E-state index is 6.45. The molecule has 0 atom stereocenters. The van der Waals surface area contributed by atoms with Crippen molar-refractivity contribution in [1.29, 1.82) is 0 Å². The molecule has 1 N–H and O–H groups in total. The van der Waals surface area contributed by atoms with Crippen LogP contribution in [0.15, 0.2) is 0 Å². The minimum Gasteiger partial charge on any atom is -0.677 e. The SMILES string of the molecule is CC.CCC[NH-].[Re]. The van der Waals surface area contributed by atoms with Crippen LogP contribution in [-0.4, -0.2) is 6.54 Å². The van der Waals surface area contributed by atoms with E-state index in [1.165, 1.54) is 0 Å². The summed E-state index contributed by atoms with van der Waals surface area (Å²) in [4.78, 5) is 0. The zero-order valence-electron chi connectivity index (χ0n) is 5.29. The van der Waals surface area contributed by atoms with Crippen LogP contribution in [0, 0.1) is 0 Å². The summed E-state index contributed by atoms with van der Waals surface area (Å²) in [5.41, 5.74) is 6.45.